The van der Waals surface area contributed by atoms with Crippen LogP contribution in [-0.2, 0) is 20.7 Å². The van der Waals surface area contributed by atoms with Gasteiger partial charge in [-0.15, -0.1) is 0 Å². The van der Waals surface area contributed by atoms with E-state index in [1.54, 1.807) is 18.2 Å². The molecule has 5 nitrogen and oxygen atoms in total. The molecule has 0 aromatic heterocycles. The Morgan fingerprint density at radius 3 is 2.37 bits per heavy atom. The van der Waals surface area contributed by atoms with Gasteiger partial charge in [0.2, 0.25) is 0 Å². The molecular weight excluding hydrogens is 383 g/mol. The number of rotatable bonds is 8. The highest BCUT2D eigenvalue weighted by molar-refractivity contribution is 5.81. The number of ether oxygens (including phenoxy) is 1. The fraction of sp³-hybridized carbons (Fsp3) is 0.625. The summed E-state index contributed by atoms with van der Waals surface area (Å²) >= 11 is 0. The maximum absolute atomic E-state index is 13.7. The van der Waals surface area contributed by atoms with Gasteiger partial charge in [-0.2, -0.15) is 5.26 Å². The first kappa shape index (κ1) is 20.8. The number of hydrogen-bond donors (Lipinski definition) is 0. The molecule has 0 N–H and O–H groups in total. The summed E-state index contributed by atoms with van der Waals surface area (Å²) in [6, 6.07) is 8.50. The van der Waals surface area contributed by atoms with Gasteiger partial charge < -0.3 is 9.64 Å². The molecule has 30 heavy (non-hydrogen) atoms. The van der Waals surface area contributed by atoms with Crippen LogP contribution in [0.3, 0.4) is 0 Å². The predicted molar refractivity (Wildman–Crippen MR) is 109 cm³/mol. The highest BCUT2D eigenvalue weighted by atomic mass is 19.1. The molecule has 6 heteroatoms. The fourth-order valence-corrected chi connectivity index (χ4v) is 6.41. The number of amides is 1. The van der Waals surface area contributed by atoms with E-state index < -0.39 is 5.97 Å². The lowest BCUT2D eigenvalue weighted by Gasteiger charge is -2.60. The molecule has 4 aliphatic carbocycles. The minimum Gasteiger partial charge on any atom is -0.456 e. The summed E-state index contributed by atoms with van der Waals surface area (Å²) in [7, 11) is 0. The summed E-state index contributed by atoms with van der Waals surface area (Å²) in [5.41, 5.74) is 0.299. The standard InChI is InChI=1S/C24H29FN2O3/c25-21-5-2-1-4-20(21)6-7-23(29)30-16-22(28)27(9-3-8-26)24-13-17-10-18(14-24)12-19(11-17)15-24/h1-2,4-5,17-19H,3,6-7,9-16H2. The lowest BCUT2D eigenvalue weighted by atomic mass is 9.52. The summed E-state index contributed by atoms with van der Waals surface area (Å²) in [4.78, 5) is 27.1. The minimum atomic E-state index is -0.502. The van der Waals surface area contributed by atoms with Gasteiger partial charge in [0.15, 0.2) is 6.61 Å². The first-order valence-electron chi connectivity index (χ1n) is 11.1. The van der Waals surface area contributed by atoms with Crippen molar-refractivity contribution < 1.29 is 18.7 Å². The Bertz CT molecular complexity index is 812. The zero-order valence-electron chi connectivity index (χ0n) is 17.3. The van der Waals surface area contributed by atoms with Crippen LogP contribution in [0.5, 0.6) is 0 Å². The quantitative estimate of drug-likeness (QED) is 0.605. The maximum atomic E-state index is 13.7. The number of nitriles is 1. The van der Waals surface area contributed by atoms with Gasteiger partial charge >= 0.3 is 5.97 Å². The van der Waals surface area contributed by atoms with E-state index in [-0.39, 0.29) is 43.1 Å². The number of benzene rings is 1. The van der Waals surface area contributed by atoms with Crippen LogP contribution in [0, 0.1) is 34.9 Å². The van der Waals surface area contributed by atoms with Crippen molar-refractivity contribution in [3.8, 4) is 6.07 Å². The molecule has 1 aromatic carbocycles. The molecular formula is C24H29FN2O3. The van der Waals surface area contributed by atoms with Gasteiger partial charge in [-0.1, -0.05) is 18.2 Å². The highest BCUT2D eigenvalue weighted by Crippen LogP contribution is 2.57. The van der Waals surface area contributed by atoms with Crippen LogP contribution >= 0.6 is 0 Å². The van der Waals surface area contributed by atoms with Crippen molar-refractivity contribution in [1.82, 2.24) is 4.90 Å². The Morgan fingerprint density at radius 1 is 1.13 bits per heavy atom. The molecule has 4 aliphatic rings. The summed E-state index contributed by atoms with van der Waals surface area (Å²) in [5, 5.41) is 9.09. The maximum Gasteiger partial charge on any atom is 0.306 e. The lowest BCUT2D eigenvalue weighted by Crippen LogP contribution is -2.62. The van der Waals surface area contributed by atoms with Gasteiger partial charge in [0, 0.05) is 18.5 Å². The van der Waals surface area contributed by atoms with E-state index in [9.17, 15) is 14.0 Å². The minimum absolute atomic E-state index is 0.0315. The second kappa shape index (κ2) is 8.75. The zero-order valence-corrected chi connectivity index (χ0v) is 17.3. The second-order valence-electron chi connectivity index (χ2n) is 9.35. The first-order valence-corrected chi connectivity index (χ1v) is 11.1. The molecule has 0 spiro atoms. The largest absolute Gasteiger partial charge is 0.456 e. The van der Waals surface area contributed by atoms with Crippen molar-refractivity contribution in [1.29, 1.82) is 5.26 Å². The summed E-state index contributed by atoms with van der Waals surface area (Å²) < 4.78 is 19.0. The van der Waals surface area contributed by atoms with Crippen LogP contribution in [-0.4, -0.2) is 35.5 Å². The highest BCUT2D eigenvalue weighted by Gasteiger charge is 2.54. The van der Waals surface area contributed by atoms with E-state index in [1.165, 1.54) is 25.3 Å². The SMILES string of the molecule is N#CCCN(C(=O)COC(=O)CCc1ccccc1F)C12CC3CC(CC(C3)C1)C2. The Hall–Kier alpha value is -2.42. The van der Waals surface area contributed by atoms with E-state index in [4.69, 9.17) is 10.00 Å². The van der Waals surface area contributed by atoms with Crippen molar-refractivity contribution in [2.45, 2.75) is 63.3 Å². The topological polar surface area (TPSA) is 70.4 Å². The number of nitrogens with zero attached hydrogens (tertiary/aromatic N) is 2. The van der Waals surface area contributed by atoms with Gasteiger partial charge in [0.05, 0.1) is 12.5 Å². The molecule has 160 valence electrons. The lowest BCUT2D eigenvalue weighted by molar-refractivity contribution is -0.162. The van der Waals surface area contributed by atoms with Gasteiger partial charge in [-0.3, -0.25) is 9.59 Å². The number of esters is 1. The van der Waals surface area contributed by atoms with Crippen molar-refractivity contribution >= 4 is 11.9 Å². The third-order valence-corrected chi connectivity index (χ3v) is 7.24. The molecule has 1 amide bonds. The predicted octanol–water partition coefficient (Wildman–Crippen LogP) is 4.01. The first-order chi connectivity index (χ1) is 14.5. The fourth-order valence-electron chi connectivity index (χ4n) is 6.41. The molecule has 1 aromatic rings. The van der Waals surface area contributed by atoms with E-state index in [0.29, 0.717) is 29.9 Å². The average molecular weight is 413 g/mol. The zero-order chi connectivity index (χ0) is 21.1. The van der Waals surface area contributed by atoms with Crippen LogP contribution in [0.15, 0.2) is 24.3 Å². The van der Waals surface area contributed by atoms with E-state index in [0.717, 1.165) is 19.3 Å². The van der Waals surface area contributed by atoms with Crippen molar-refractivity contribution in [3.05, 3.63) is 35.6 Å². The molecule has 0 unspecified atom stereocenters. The Morgan fingerprint density at radius 2 is 1.77 bits per heavy atom. The van der Waals surface area contributed by atoms with E-state index in [1.807, 2.05) is 4.90 Å². The number of halogens is 1. The molecule has 4 saturated carbocycles. The van der Waals surface area contributed by atoms with Crippen molar-refractivity contribution in [2.24, 2.45) is 17.8 Å². The molecule has 0 saturated heterocycles. The summed E-state index contributed by atoms with van der Waals surface area (Å²) in [6.07, 6.45) is 7.40. The number of carbonyl (C=O) groups is 2. The number of hydrogen-bond acceptors (Lipinski definition) is 4. The Kier molecular flexibility index (Phi) is 6.08. The van der Waals surface area contributed by atoms with Gasteiger partial charge in [-0.25, -0.2) is 4.39 Å². The average Bonchev–Trinajstić information content (AvgIpc) is 2.71. The van der Waals surface area contributed by atoms with E-state index >= 15 is 0 Å². The second-order valence-corrected chi connectivity index (χ2v) is 9.35. The monoisotopic (exact) mass is 412 g/mol. The smallest absolute Gasteiger partial charge is 0.306 e. The van der Waals surface area contributed by atoms with Gasteiger partial charge in [-0.05, 0) is 74.3 Å². The van der Waals surface area contributed by atoms with Crippen molar-refractivity contribution in [3.63, 3.8) is 0 Å². The van der Waals surface area contributed by atoms with Crippen LogP contribution in [0.2, 0.25) is 0 Å². The Balaban J connectivity index is 1.35. The molecule has 4 fully saturated rings. The molecule has 0 radical (unpaired) electrons. The third-order valence-electron chi connectivity index (χ3n) is 7.24. The summed E-state index contributed by atoms with van der Waals surface area (Å²) in [5.74, 6) is 0.987. The van der Waals surface area contributed by atoms with Crippen LogP contribution < -0.4 is 0 Å². The van der Waals surface area contributed by atoms with Crippen LogP contribution in [0.25, 0.3) is 0 Å². The van der Waals surface area contributed by atoms with Crippen molar-refractivity contribution in [2.75, 3.05) is 13.2 Å². The molecule has 0 heterocycles. The number of carbonyl (C=O) groups excluding carboxylic acids is 2. The molecule has 5 rings (SSSR count). The number of aryl methyl sites for hydroxylation is 1. The molecule has 0 aliphatic heterocycles. The molecule has 4 bridgehead atoms. The Labute approximate surface area is 177 Å². The third kappa shape index (κ3) is 4.35. The van der Waals surface area contributed by atoms with Gasteiger partial charge in [0.1, 0.15) is 5.82 Å². The van der Waals surface area contributed by atoms with Crippen LogP contribution in [0.1, 0.15) is 56.9 Å². The van der Waals surface area contributed by atoms with Crippen LogP contribution in [0.4, 0.5) is 4.39 Å². The van der Waals surface area contributed by atoms with Gasteiger partial charge in [0.25, 0.3) is 5.91 Å². The summed E-state index contributed by atoms with van der Waals surface area (Å²) in [6.45, 7) is 0.0948. The van der Waals surface area contributed by atoms with E-state index in [2.05, 4.69) is 6.07 Å². The normalized spacial score (nSPS) is 28.7. The molecule has 0 atom stereocenters.